The molecule has 2 aromatic rings. The Kier molecular flexibility index (Phi) is 3.92. The molecular formula is C25H26N2O2. The van der Waals surface area contributed by atoms with E-state index in [1.807, 2.05) is 0 Å². The summed E-state index contributed by atoms with van der Waals surface area (Å²) in [5.74, 6) is -0.355. The maximum absolute atomic E-state index is 13.5. The molecule has 7 rings (SSSR count). The molecular weight excluding hydrogens is 360 g/mol. The molecule has 29 heavy (non-hydrogen) atoms. The van der Waals surface area contributed by atoms with E-state index in [1.54, 1.807) is 4.90 Å². The lowest BCUT2D eigenvalue weighted by molar-refractivity contribution is -0.140. The number of piperidine rings is 1. The summed E-state index contributed by atoms with van der Waals surface area (Å²) < 4.78 is 0. The largest absolute Gasteiger partial charge is 0.302 e. The highest BCUT2D eigenvalue weighted by Gasteiger charge is 2.61. The third-order valence-corrected chi connectivity index (χ3v) is 7.63. The first-order valence-corrected chi connectivity index (χ1v) is 11.0. The predicted molar refractivity (Wildman–Crippen MR) is 111 cm³/mol. The smallest absolute Gasteiger partial charge is 0.234 e. The molecule has 4 heteroatoms. The van der Waals surface area contributed by atoms with Crippen LogP contribution in [0.3, 0.4) is 0 Å². The van der Waals surface area contributed by atoms with Gasteiger partial charge >= 0.3 is 0 Å². The van der Waals surface area contributed by atoms with Crippen molar-refractivity contribution in [3.8, 4) is 0 Å². The molecule has 0 saturated carbocycles. The van der Waals surface area contributed by atoms with Gasteiger partial charge in [-0.2, -0.15) is 0 Å². The van der Waals surface area contributed by atoms with E-state index >= 15 is 0 Å². The second kappa shape index (κ2) is 6.53. The van der Waals surface area contributed by atoms with Gasteiger partial charge in [0.2, 0.25) is 11.8 Å². The van der Waals surface area contributed by atoms with Crippen LogP contribution in [0.4, 0.5) is 0 Å². The summed E-state index contributed by atoms with van der Waals surface area (Å²) in [6.07, 6.45) is 3.74. The van der Waals surface area contributed by atoms with Crippen LogP contribution < -0.4 is 0 Å². The maximum Gasteiger partial charge on any atom is 0.234 e. The van der Waals surface area contributed by atoms with E-state index in [0.29, 0.717) is 6.54 Å². The molecule has 2 aromatic carbocycles. The number of hydrogen-bond acceptors (Lipinski definition) is 3. The highest BCUT2D eigenvalue weighted by atomic mass is 16.2. The average molecular weight is 386 g/mol. The van der Waals surface area contributed by atoms with Crippen LogP contribution in [0.5, 0.6) is 0 Å². The minimum atomic E-state index is -0.237. The molecule has 2 amide bonds. The van der Waals surface area contributed by atoms with Crippen LogP contribution in [-0.2, 0) is 9.59 Å². The van der Waals surface area contributed by atoms with Crippen molar-refractivity contribution in [3.05, 3.63) is 70.8 Å². The number of benzene rings is 2. The summed E-state index contributed by atoms with van der Waals surface area (Å²) in [6.45, 7) is 3.53. The van der Waals surface area contributed by atoms with Crippen molar-refractivity contribution >= 4 is 11.8 Å². The molecule has 2 saturated heterocycles. The van der Waals surface area contributed by atoms with Crippen molar-refractivity contribution in [2.45, 2.75) is 31.1 Å². The minimum Gasteiger partial charge on any atom is -0.302 e. The minimum absolute atomic E-state index is 0.00818. The first kappa shape index (κ1) is 17.4. The zero-order valence-corrected chi connectivity index (χ0v) is 16.6. The Labute approximate surface area is 171 Å². The van der Waals surface area contributed by atoms with Crippen LogP contribution in [0, 0.1) is 11.8 Å². The highest BCUT2D eigenvalue weighted by molar-refractivity contribution is 6.07. The van der Waals surface area contributed by atoms with E-state index < -0.39 is 0 Å². The van der Waals surface area contributed by atoms with Crippen molar-refractivity contribution in [2.75, 3.05) is 26.2 Å². The fourth-order valence-corrected chi connectivity index (χ4v) is 6.38. The number of imide groups is 1. The highest BCUT2D eigenvalue weighted by Crippen LogP contribution is 2.60. The molecule has 0 N–H and O–H groups in total. The number of likely N-dealkylation sites (tertiary alicyclic amines) is 2. The monoisotopic (exact) mass is 386 g/mol. The van der Waals surface area contributed by atoms with Crippen molar-refractivity contribution in [1.82, 2.24) is 9.80 Å². The average Bonchev–Trinajstić information content (AvgIpc) is 3.03. The van der Waals surface area contributed by atoms with Gasteiger partial charge in [0, 0.05) is 24.9 Å². The first-order chi connectivity index (χ1) is 14.3. The van der Waals surface area contributed by atoms with Crippen LogP contribution in [0.2, 0.25) is 0 Å². The van der Waals surface area contributed by atoms with Gasteiger partial charge < -0.3 is 4.90 Å². The fraction of sp³-hybridized carbons (Fsp3) is 0.440. The van der Waals surface area contributed by atoms with Crippen molar-refractivity contribution in [1.29, 1.82) is 0 Å². The molecule has 0 radical (unpaired) electrons. The van der Waals surface area contributed by atoms with E-state index in [4.69, 9.17) is 0 Å². The van der Waals surface area contributed by atoms with Gasteiger partial charge in [-0.1, -0.05) is 55.0 Å². The lowest BCUT2D eigenvalue weighted by Crippen LogP contribution is -2.41. The zero-order chi connectivity index (χ0) is 19.5. The first-order valence-electron chi connectivity index (χ1n) is 11.0. The van der Waals surface area contributed by atoms with Gasteiger partial charge in [-0.3, -0.25) is 14.5 Å². The Morgan fingerprint density at radius 3 is 1.55 bits per heavy atom. The van der Waals surface area contributed by atoms with Gasteiger partial charge in [-0.25, -0.2) is 0 Å². The second-order valence-electron chi connectivity index (χ2n) is 9.00. The van der Waals surface area contributed by atoms with Crippen molar-refractivity contribution in [2.24, 2.45) is 11.8 Å². The normalized spacial score (nSPS) is 30.3. The van der Waals surface area contributed by atoms with Gasteiger partial charge in [-0.15, -0.1) is 0 Å². The molecule has 5 aliphatic rings. The number of carbonyl (C=O) groups excluding carboxylic acids is 2. The maximum atomic E-state index is 13.5. The summed E-state index contributed by atoms with van der Waals surface area (Å²) in [4.78, 5) is 31.0. The van der Waals surface area contributed by atoms with Gasteiger partial charge in [0.15, 0.2) is 0 Å². The second-order valence-corrected chi connectivity index (χ2v) is 9.00. The summed E-state index contributed by atoms with van der Waals surface area (Å²) in [5, 5.41) is 0. The molecule has 2 heterocycles. The van der Waals surface area contributed by atoms with Crippen molar-refractivity contribution < 1.29 is 9.59 Å². The number of rotatable bonds is 3. The Morgan fingerprint density at radius 1 is 0.655 bits per heavy atom. The predicted octanol–water partition coefficient (Wildman–Crippen LogP) is 3.36. The quantitative estimate of drug-likeness (QED) is 0.760. The Bertz CT molecular complexity index is 878. The molecule has 0 aromatic heterocycles. The lowest BCUT2D eigenvalue weighted by atomic mass is 9.55. The number of carbonyl (C=O) groups is 2. The van der Waals surface area contributed by atoms with Crippen LogP contribution >= 0.6 is 0 Å². The van der Waals surface area contributed by atoms with Crippen molar-refractivity contribution in [3.63, 3.8) is 0 Å². The Morgan fingerprint density at radius 2 is 1.10 bits per heavy atom. The standard InChI is InChI=1S/C25H26N2O2/c28-24-22-20-16-8-2-3-9-17(16)21(19-11-5-4-10-18(19)20)23(22)25(29)27(24)15-14-26-12-6-1-7-13-26/h2-5,8-11,20-23H,1,6-7,12-15H2/t20?,21?,22-,23-/m0/s1. The molecule has 2 bridgehead atoms. The van der Waals surface area contributed by atoms with Crippen LogP contribution in [0.15, 0.2) is 48.5 Å². The Balaban J connectivity index is 1.37. The van der Waals surface area contributed by atoms with E-state index in [0.717, 1.165) is 19.6 Å². The molecule has 148 valence electrons. The summed E-state index contributed by atoms with van der Waals surface area (Å²) >= 11 is 0. The SMILES string of the molecule is O=C1[C@H]2C3c4ccccc4C(c4ccccc43)[C@@H]2C(=O)N1CCN1CCCCC1. The van der Waals surface area contributed by atoms with Gasteiger partial charge in [0.25, 0.3) is 0 Å². The molecule has 2 fully saturated rings. The molecule has 2 atom stereocenters. The summed E-state index contributed by atoms with van der Waals surface area (Å²) in [7, 11) is 0. The summed E-state index contributed by atoms with van der Waals surface area (Å²) in [6, 6.07) is 16.9. The van der Waals surface area contributed by atoms with Crippen LogP contribution in [0.25, 0.3) is 0 Å². The molecule has 0 spiro atoms. The molecule has 0 unspecified atom stereocenters. The lowest BCUT2D eigenvalue weighted by Gasteiger charge is -2.45. The fourth-order valence-electron chi connectivity index (χ4n) is 6.38. The number of hydrogen-bond donors (Lipinski definition) is 0. The van der Waals surface area contributed by atoms with E-state index in [9.17, 15) is 9.59 Å². The summed E-state index contributed by atoms with van der Waals surface area (Å²) in [5.41, 5.74) is 4.99. The Hall–Kier alpha value is -2.46. The topological polar surface area (TPSA) is 40.6 Å². The van der Waals surface area contributed by atoms with Gasteiger partial charge in [0.05, 0.1) is 11.8 Å². The van der Waals surface area contributed by atoms with E-state index in [-0.39, 0.29) is 35.5 Å². The molecule has 3 aliphatic carbocycles. The third kappa shape index (κ3) is 2.42. The van der Waals surface area contributed by atoms with E-state index in [1.165, 1.54) is 41.5 Å². The number of nitrogens with zero attached hydrogens (tertiary/aromatic N) is 2. The molecule has 4 nitrogen and oxygen atoms in total. The van der Waals surface area contributed by atoms with Crippen LogP contribution in [0.1, 0.15) is 53.4 Å². The third-order valence-electron chi connectivity index (χ3n) is 7.63. The van der Waals surface area contributed by atoms with Gasteiger partial charge in [-0.05, 0) is 48.2 Å². The van der Waals surface area contributed by atoms with Crippen LogP contribution in [-0.4, -0.2) is 47.8 Å². The number of amides is 2. The molecule has 2 aliphatic heterocycles. The zero-order valence-electron chi connectivity index (χ0n) is 16.6. The van der Waals surface area contributed by atoms with Gasteiger partial charge in [0.1, 0.15) is 0 Å². The van der Waals surface area contributed by atoms with E-state index in [2.05, 4.69) is 53.4 Å².